The van der Waals surface area contributed by atoms with E-state index in [9.17, 15) is 19.2 Å². The average molecular weight is 462 g/mol. The Bertz CT molecular complexity index is 895. The van der Waals surface area contributed by atoms with Gasteiger partial charge in [-0.3, -0.25) is 10.6 Å². The molecule has 2 amide bonds. The standard InChI is InChI=1S/C23H30N2O8/c1-6-19(26)32-12-10-16-14-18(24-22(28)30-8-3)21(25-23(29)31-9-4)17(15(16)5)11-13-33-20(27)7-2/h6-7,14H,1-2,8-13H2,3-5H3,(H,24,28)(H,25,29). The van der Waals surface area contributed by atoms with E-state index in [4.69, 9.17) is 18.9 Å². The zero-order valence-corrected chi connectivity index (χ0v) is 19.2. The smallest absolute Gasteiger partial charge is 0.411 e. The summed E-state index contributed by atoms with van der Waals surface area (Å²) in [6, 6.07) is 1.65. The van der Waals surface area contributed by atoms with Crippen LogP contribution < -0.4 is 10.6 Å². The van der Waals surface area contributed by atoms with E-state index in [1.54, 1.807) is 26.8 Å². The highest BCUT2D eigenvalue weighted by atomic mass is 16.6. The van der Waals surface area contributed by atoms with Crippen molar-refractivity contribution in [3.8, 4) is 0 Å². The molecule has 1 rings (SSSR count). The Hall–Kier alpha value is -3.82. The summed E-state index contributed by atoms with van der Waals surface area (Å²) in [6.07, 6.45) is 1.20. The lowest BCUT2D eigenvalue weighted by Crippen LogP contribution is -2.21. The lowest BCUT2D eigenvalue weighted by molar-refractivity contribution is -0.138. The van der Waals surface area contributed by atoms with Crippen LogP contribution in [-0.2, 0) is 41.4 Å². The Labute approximate surface area is 192 Å². The number of anilines is 2. The SMILES string of the molecule is C=CC(=O)OCCc1cc(NC(=O)OCC)c(NC(=O)OCC)c(CCOC(=O)C=C)c1C. The van der Waals surface area contributed by atoms with E-state index in [-0.39, 0.29) is 44.2 Å². The van der Waals surface area contributed by atoms with E-state index in [0.29, 0.717) is 12.0 Å². The summed E-state index contributed by atoms with van der Waals surface area (Å²) in [4.78, 5) is 47.2. The van der Waals surface area contributed by atoms with Gasteiger partial charge in [-0.05, 0) is 43.5 Å². The predicted octanol–water partition coefficient (Wildman–Crippen LogP) is 3.68. The summed E-state index contributed by atoms with van der Waals surface area (Å²) in [5.41, 5.74) is 2.61. The second-order valence-electron chi connectivity index (χ2n) is 6.50. The Balaban J connectivity index is 3.42. The van der Waals surface area contributed by atoms with Crippen LogP contribution in [0.15, 0.2) is 31.4 Å². The third kappa shape index (κ3) is 9.06. The summed E-state index contributed by atoms with van der Waals surface area (Å²) >= 11 is 0. The zero-order valence-electron chi connectivity index (χ0n) is 19.2. The minimum absolute atomic E-state index is 0.00303. The van der Waals surface area contributed by atoms with Crippen LogP contribution in [0.5, 0.6) is 0 Å². The van der Waals surface area contributed by atoms with Crippen molar-refractivity contribution in [3.05, 3.63) is 48.1 Å². The van der Waals surface area contributed by atoms with Crippen LogP contribution in [0.3, 0.4) is 0 Å². The van der Waals surface area contributed by atoms with Crippen molar-refractivity contribution in [3.63, 3.8) is 0 Å². The molecule has 0 unspecified atom stereocenters. The molecule has 0 aromatic heterocycles. The molecule has 1 aromatic carbocycles. The number of rotatable bonds is 12. The van der Waals surface area contributed by atoms with E-state index >= 15 is 0 Å². The molecule has 0 aliphatic rings. The number of benzene rings is 1. The number of hydrogen-bond acceptors (Lipinski definition) is 8. The molecule has 10 nitrogen and oxygen atoms in total. The largest absolute Gasteiger partial charge is 0.462 e. The summed E-state index contributed by atoms with van der Waals surface area (Å²) < 4.78 is 20.1. The monoisotopic (exact) mass is 462 g/mol. The highest BCUT2D eigenvalue weighted by Gasteiger charge is 2.20. The first-order chi connectivity index (χ1) is 15.8. The Morgan fingerprint density at radius 2 is 1.36 bits per heavy atom. The molecule has 33 heavy (non-hydrogen) atoms. The quantitative estimate of drug-likeness (QED) is 0.273. The minimum atomic E-state index is -0.721. The van der Waals surface area contributed by atoms with Gasteiger partial charge in [0.15, 0.2) is 0 Å². The van der Waals surface area contributed by atoms with Crippen LogP contribution in [0, 0.1) is 6.92 Å². The second kappa shape index (κ2) is 14.3. The van der Waals surface area contributed by atoms with E-state index in [1.807, 2.05) is 0 Å². The van der Waals surface area contributed by atoms with Gasteiger partial charge in [0.05, 0.1) is 37.8 Å². The lowest BCUT2D eigenvalue weighted by atomic mass is 9.95. The van der Waals surface area contributed by atoms with Gasteiger partial charge in [-0.25, -0.2) is 19.2 Å². The summed E-state index contributed by atoms with van der Waals surface area (Å²) in [7, 11) is 0. The van der Waals surface area contributed by atoms with Gasteiger partial charge in [-0.1, -0.05) is 13.2 Å². The van der Waals surface area contributed by atoms with Crippen molar-refractivity contribution < 1.29 is 38.1 Å². The fraction of sp³-hybridized carbons (Fsp3) is 0.391. The maximum atomic E-state index is 12.2. The van der Waals surface area contributed by atoms with Crippen LogP contribution in [0.1, 0.15) is 30.5 Å². The Morgan fingerprint density at radius 1 is 0.848 bits per heavy atom. The Morgan fingerprint density at radius 3 is 1.88 bits per heavy atom. The van der Waals surface area contributed by atoms with E-state index in [2.05, 4.69) is 23.8 Å². The van der Waals surface area contributed by atoms with Crippen LogP contribution in [0.2, 0.25) is 0 Å². The molecule has 10 heteroatoms. The third-order valence-corrected chi connectivity index (χ3v) is 4.38. The summed E-state index contributed by atoms with van der Waals surface area (Å²) in [6.45, 7) is 12.2. The molecule has 180 valence electrons. The fourth-order valence-corrected chi connectivity index (χ4v) is 2.89. The maximum absolute atomic E-state index is 12.2. The van der Waals surface area contributed by atoms with Crippen molar-refractivity contribution in [2.45, 2.75) is 33.6 Å². The van der Waals surface area contributed by atoms with Gasteiger partial charge in [0.2, 0.25) is 0 Å². The van der Waals surface area contributed by atoms with Crippen LogP contribution in [-0.4, -0.2) is 50.6 Å². The number of nitrogens with one attached hydrogen (secondary N) is 2. The van der Waals surface area contributed by atoms with Crippen molar-refractivity contribution in [1.29, 1.82) is 0 Å². The highest BCUT2D eigenvalue weighted by Crippen LogP contribution is 2.33. The number of esters is 2. The lowest BCUT2D eigenvalue weighted by Gasteiger charge is -2.21. The molecule has 0 heterocycles. The molecule has 0 spiro atoms. The molecule has 0 saturated heterocycles. The predicted molar refractivity (Wildman–Crippen MR) is 122 cm³/mol. The van der Waals surface area contributed by atoms with Gasteiger partial charge < -0.3 is 18.9 Å². The zero-order chi connectivity index (χ0) is 24.8. The molecule has 0 bridgehead atoms. The summed E-state index contributed by atoms with van der Waals surface area (Å²) in [5.74, 6) is -1.15. The Kier molecular flexibility index (Phi) is 11.8. The van der Waals surface area contributed by atoms with E-state index in [0.717, 1.165) is 23.3 Å². The topological polar surface area (TPSA) is 129 Å². The molecule has 0 aliphatic carbocycles. The molecule has 0 radical (unpaired) electrons. The normalized spacial score (nSPS) is 9.91. The number of carbonyl (C=O) groups excluding carboxylic acids is 4. The first-order valence-corrected chi connectivity index (χ1v) is 10.4. The van der Waals surface area contributed by atoms with Gasteiger partial charge in [-0.15, -0.1) is 0 Å². The molecule has 0 saturated carbocycles. The van der Waals surface area contributed by atoms with Gasteiger partial charge in [0.1, 0.15) is 0 Å². The molecule has 2 N–H and O–H groups in total. The van der Waals surface area contributed by atoms with Crippen LogP contribution >= 0.6 is 0 Å². The highest BCUT2D eigenvalue weighted by molar-refractivity contribution is 5.97. The number of amides is 2. The number of hydrogen-bond donors (Lipinski definition) is 2. The molecule has 0 atom stereocenters. The van der Waals surface area contributed by atoms with Gasteiger partial charge >= 0.3 is 24.1 Å². The maximum Gasteiger partial charge on any atom is 0.411 e. The van der Waals surface area contributed by atoms with Gasteiger partial charge in [0, 0.05) is 25.0 Å². The minimum Gasteiger partial charge on any atom is -0.462 e. The number of carbonyl (C=O) groups is 4. The fourth-order valence-electron chi connectivity index (χ4n) is 2.89. The third-order valence-electron chi connectivity index (χ3n) is 4.38. The average Bonchev–Trinajstić information content (AvgIpc) is 2.78. The van der Waals surface area contributed by atoms with Crippen LogP contribution in [0.4, 0.5) is 21.0 Å². The molecular weight excluding hydrogens is 432 g/mol. The number of ether oxygens (including phenoxy) is 4. The first kappa shape index (κ1) is 27.2. The van der Waals surface area contributed by atoms with Crippen molar-refractivity contribution >= 4 is 35.5 Å². The van der Waals surface area contributed by atoms with Gasteiger partial charge in [0.25, 0.3) is 0 Å². The molecule has 0 aliphatic heterocycles. The van der Waals surface area contributed by atoms with E-state index < -0.39 is 24.1 Å². The summed E-state index contributed by atoms with van der Waals surface area (Å²) in [5, 5.41) is 5.25. The molecular formula is C23H30N2O8. The first-order valence-electron chi connectivity index (χ1n) is 10.4. The molecule has 1 aromatic rings. The van der Waals surface area contributed by atoms with Crippen molar-refractivity contribution in [2.24, 2.45) is 0 Å². The molecule has 0 fully saturated rings. The van der Waals surface area contributed by atoms with Gasteiger partial charge in [-0.2, -0.15) is 0 Å². The van der Waals surface area contributed by atoms with Crippen molar-refractivity contribution in [2.75, 3.05) is 37.1 Å². The second-order valence-corrected chi connectivity index (χ2v) is 6.50. The van der Waals surface area contributed by atoms with Crippen LogP contribution in [0.25, 0.3) is 0 Å². The van der Waals surface area contributed by atoms with E-state index in [1.165, 1.54) is 0 Å². The van der Waals surface area contributed by atoms with Crippen molar-refractivity contribution in [1.82, 2.24) is 0 Å².